The van der Waals surface area contributed by atoms with E-state index in [1.54, 1.807) is 18.2 Å². The normalized spacial score (nSPS) is 12.0. The average Bonchev–Trinajstić information content (AvgIpc) is 2.56. The van der Waals surface area contributed by atoms with Gasteiger partial charge in [0.2, 0.25) is 5.91 Å². The zero-order valence-corrected chi connectivity index (χ0v) is 14.9. The number of amides is 1. The molecule has 1 amide bonds. The summed E-state index contributed by atoms with van der Waals surface area (Å²) in [6, 6.07) is 8.66. The molecule has 0 bridgehead atoms. The summed E-state index contributed by atoms with van der Waals surface area (Å²) >= 11 is 6.06. The summed E-state index contributed by atoms with van der Waals surface area (Å²) in [6.45, 7) is 5.79. The molecule has 0 fully saturated rings. The van der Waals surface area contributed by atoms with Gasteiger partial charge in [-0.2, -0.15) is 0 Å². The molecule has 1 aromatic heterocycles. The molecule has 0 saturated heterocycles. The van der Waals surface area contributed by atoms with Crippen LogP contribution in [0, 0.1) is 0 Å². The number of aryl methyl sites for hydroxylation is 1. The van der Waals surface area contributed by atoms with Crippen molar-refractivity contribution in [2.75, 3.05) is 0 Å². The molecule has 5 nitrogen and oxygen atoms in total. The summed E-state index contributed by atoms with van der Waals surface area (Å²) in [5, 5.41) is 3.43. The van der Waals surface area contributed by atoms with Crippen molar-refractivity contribution < 1.29 is 4.79 Å². The van der Waals surface area contributed by atoms with Crippen LogP contribution >= 0.6 is 11.6 Å². The molecule has 1 heterocycles. The van der Waals surface area contributed by atoms with Crippen molar-refractivity contribution in [1.82, 2.24) is 14.9 Å². The number of halogens is 1. The number of carbonyl (C=O) groups excluding carboxylic acids is 1. The number of hydrogen-bond donors (Lipinski definition) is 1. The highest BCUT2D eigenvalue weighted by Crippen LogP contribution is 2.20. The van der Waals surface area contributed by atoms with E-state index < -0.39 is 0 Å². The van der Waals surface area contributed by atoms with Crippen LogP contribution in [0.3, 0.4) is 0 Å². The molecule has 1 atom stereocenters. The Balaban J connectivity index is 2.46. The molecule has 0 aliphatic carbocycles. The molecule has 1 aromatic carbocycles. The lowest BCUT2D eigenvalue weighted by Crippen LogP contribution is -2.37. The minimum Gasteiger partial charge on any atom is -0.352 e. The minimum absolute atomic E-state index is 0.0608. The van der Waals surface area contributed by atoms with Crippen molar-refractivity contribution in [1.29, 1.82) is 0 Å². The smallest absolute Gasteiger partial charge is 0.254 e. The van der Waals surface area contributed by atoms with E-state index >= 15 is 0 Å². The molecular formula is C18H22ClN3O2. The van der Waals surface area contributed by atoms with E-state index in [2.05, 4.69) is 10.3 Å². The van der Waals surface area contributed by atoms with E-state index in [1.165, 1.54) is 10.6 Å². The Kier molecular flexibility index (Phi) is 6.15. The lowest BCUT2D eigenvalue weighted by Gasteiger charge is -2.15. The number of nitrogens with one attached hydrogen (secondary N) is 1. The van der Waals surface area contributed by atoms with E-state index in [1.807, 2.05) is 26.8 Å². The maximum Gasteiger partial charge on any atom is 0.254 e. The van der Waals surface area contributed by atoms with Gasteiger partial charge in [0.05, 0.1) is 0 Å². The van der Waals surface area contributed by atoms with Crippen LogP contribution in [0.5, 0.6) is 0 Å². The maximum atomic E-state index is 12.5. The van der Waals surface area contributed by atoms with Crippen molar-refractivity contribution in [2.45, 2.75) is 46.2 Å². The highest BCUT2D eigenvalue weighted by atomic mass is 35.5. The summed E-state index contributed by atoms with van der Waals surface area (Å²) < 4.78 is 1.39. The predicted molar refractivity (Wildman–Crippen MR) is 96.2 cm³/mol. The minimum atomic E-state index is -0.240. The van der Waals surface area contributed by atoms with Crippen LogP contribution in [0.15, 0.2) is 35.1 Å². The first-order valence-corrected chi connectivity index (χ1v) is 8.48. The molecule has 0 unspecified atom stereocenters. The molecule has 2 aromatic rings. The Labute approximate surface area is 146 Å². The second-order valence-corrected chi connectivity index (χ2v) is 6.17. The van der Waals surface area contributed by atoms with E-state index in [4.69, 9.17) is 11.6 Å². The molecule has 0 radical (unpaired) electrons. The first kappa shape index (κ1) is 18.2. The molecular weight excluding hydrogens is 326 g/mol. The lowest BCUT2D eigenvalue weighted by atomic mass is 10.2. The van der Waals surface area contributed by atoms with Crippen LogP contribution in [-0.2, 0) is 17.8 Å². The van der Waals surface area contributed by atoms with Crippen LogP contribution < -0.4 is 10.9 Å². The van der Waals surface area contributed by atoms with E-state index in [-0.39, 0.29) is 24.1 Å². The van der Waals surface area contributed by atoms with Crippen LogP contribution in [0.1, 0.15) is 32.9 Å². The fraction of sp³-hybridized carbons (Fsp3) is 0.389. The van der Waals surface area contributed by atoms with Crippen molar-refractivity contribution in [3.05, 3.63) is 51.4 Å². The number of benzene rings is 1. The molecule has 0 aliphatic heterocycles. The monoisotopic (exact) mass is 347 g/mol. The zero-order chi connectivity index (χ0) is 17.7. The summed E-state index contributed by atoms with van der Waals surface area (Å²) in [6.07, 6.45) is 1.47. The highest BCUT2D eigenvalue weighted by Gasteiger charge is 2.15. The summed E-state index contributed by atoms with van der Waals surface area (Å²) in [7, 11) is 0. The van der Waals surface area contributed by atoms with Crippen molar-refractivity contribution in [3.63, 3.8) is 0 Å². The molecule has 0 saturated carbocycles. The highest BCUT2D eigenvalue weighted by molar-refractivity contribution is 6.30. The van der Waals surface area contributed by atoms with Gasteiger partial charge in [0.1, 0.15) is 12.4 Å². The molecule has 6 heteroatoms. The molecule has 1 N–H and O–H groups in total. The van der Waals surface area contributed by atoms with E-state index in [9.17, 15) is 9.59 Å². The van der Waals surface area contributed by atoms with Crippen LogP contribution in [-0.4, -0.2) is 21.5 Å². The zero-order valence-electron chi connectivity index (χ0n) is 14.2. The van der Waals surface area contributed by atoms with Gasteiger partial charge >= 0.3 is 0 Å². The van der Waals surface area contributed by atoms with Crippen LogP contribution in [0.25, 0.3) is 11.4 Å². The van der Waals surface area contributed by atoms with Gasteiger partial charge in [0.25, 0.3) is 5.56 Å². The van der Waals surface area contributed by atoms with Gasteiger partial charge in [0.15, 0.2) is 0 Å². The lowest BCUT2D eigenvalue weighted by molar-refractivity contribution is -0.122. The quantitative estimate of drug-likeness (QED) is 0.873. The third kappa shape index (κ3) is 4.45. The Morgan fingerprint density at radius 1 is 1.33 bits per heavy atom. The van der Waals surface area contributed by atoms with Gasteiger partial charge in [-0.1, -0.05) is 37.6 Å². The second kappa shape index (κ2) is 8.11. The summed E-state index contributed by atoms with van der Waals surface area (Å²) in [5.74, 6) is 0.252. The third-order valence-corrected chi connectivity index (χ3v) is 4.06. The van der Waals surface area contributed by atoms with Gasteiger partial charge < -0.3 is 5.32 Å². The van der Waals surface area contributed by atoms with Crippen LogP contribution in [0.2, 0.25) is 5.02 Å². The van der Waals surface area contributed by atoms with Crippen molar-refractivity contribution in [3.8, 4) is 11.4 Å². The topological polar surface area (TPSA) is 64.0 Å². The fourth-order valence-corrected chi connectivity index (χ4v) is 2.49. The number of hydrogen-bond acceptors (Lipinski definition) is 3. The summed E-state index contributed by atoms with van der Waals surface area (Å²) in [5.41, 5.74) is 1.16. The molecule has 0 aliphatic rings. The number of aromatic nitrogens is 2. The van der Waals surface area contributed by atoms with Gasteiger partial charge in [-0.25, -0.2) is 4.98 Å². The second-order valence-electron chi connectivity index (χ2n) is 5.74. The number of rotatable bonds is 6. The fourth-order valence-electron chi connectivity index (χ4n) is 2.30. The number of nitrogens with zero attached hydrogens (tertiary/aromatic N) is 2. The van der Waals surface area contributed by atoms with Gasteiger partial charge in [0, 0.05) is 28.4 Å². The van der Waals surface area contributed by atoms with Crippen molar-refractivity contribution in [2.24, 2.45) is 0 Å². The molecule has 0 spiro atoms. The van der Waals surface area contributed by atoms with Crippen LogP contribution in [0.4, 0.5) is 0 Å². The van der Waals surface area contributed by atoms with Gasteiger partial charge in [-0.15, -0.1) is 0 Å². The Morgan fingerprint density at radius 2 is 2.08 bits per heavy atom. The number of carbonyl (C=O) groups is 1. The molecule has 2 rings (SSSR count). The maximum absolute atomic E-state index is 12.5. The molecule has 24 heavy (non-hydrogen) atoms. The first-order valence-electron chi connectivity index (χ1n) is 8.10. The van der Waals surface area contributed by atoms with Crippen molar-refractivity contribution >= 4 is 17.5 Å². The Hall–Kier alpha value is -2.14. The average molecular weight is 348 g/mol. The first-order chi connectivity index (χ1) is 11.4. The van der Waals surface area contributed by atoms with E-state index in [0.29, 0.717) is 28.5 Å². The standard InChI is InChI=1S/C18H22ClN3O2/c1-4-12(3)20-16(23)11-22-17(24)10-15(5-2)21-18(22)13-7-6-8-14(19)9-13/h6-10,12H,4-5,11H2,1-3H3,(H,20,23)/t12-/m1/s1. The SMILES string of the molecule is CCc1cc(=O)n(CC(=O)N[C@H](C)CC)c(-c2cccc(Cl)c2)n1. The van der Waals surface area contributed by atoms with Gasteiger partial charge in [-0.3, -0.25) is 14.2 Å². The largest absolute Gasteiger partial charge is 0.352 e. The predicted octanol–water partition coefficient (Wildman–Crippen LogP) is 3.04. The molecule has 128 valence electrons. The third-order valence-electron chi connectivity index (χ3n) is 3.83. The summed E-state index contributed by atoms with van der Waals surface area (Å²) in [4.78, 5) is 29.2. The van der Waals surface area contributed by atoms with E-state index in [0.717, 1.165) is 6.42 Å². The Morgan fingerprint density at radius 3 is 2.71 bits per heavy atom. The Bertz CT molecular complexity index is 786. The van der Waals surface area contributed by atoms with Gasteiger partial charge in [-0.05, 0) is 31.9 Å².